The van der Waals surface area contributed by atoms with E-state index in [2.05, 4.69) is 15.0 Å². The summed E-state index contributed by atoms with van der Waals surface area (Å²) in [6.07, 6.45) is 3.58. The minimum atomic E-state index is 0. The van der Waals surface area contributed by atoms with Gasteiger partial charge in [0.25, 0.3) is 0 Å². The zero-order valence-corrected chi connectivity index (χ0v) is 21.3. The molecular weight excluding hydrogens is 556 g/mol. The maximum Gasteiger partial charge on any atom is 2.00 e. The van der Waals surface area contributed by atoms with Crippen LogP contribution in [0.15, 0.2) is 97.3 Å². The van der Waals surface area contributed by atoms with Crippen molar-refractivity contribution in [2.24, 2.45) is 0 Å². The Balaban J connectivity index is 0.000000401. The van der Waals surface area contributed by atoms with Crippen LogP contribution in [0.5, 0.6) is 5.75 Å². The molecule has 0 saturated heterocycles. The first kappa shape index (κ1) is 27.2. The Labute approximate surface area is 222 Å². The molecule has 3 aromatic heterocycles. The molecule has 5 nitrogen and oxygen atoms in total. The third-order valence-corrected chi connectivity index (χ3v) is 5.08. The third-order valence-electron chi connectivity index (χ3n) is 5.08. The SMILES string of the molecule is COc1cccc(-c2nc3c4cccnc4c4ncccc4c3[nH]2)c1.[Cl-].[Cl-].[Ru+2].c1ccccc1. The Morgan fingerprint density at radius 1 is 0.676 bits per heavy atom. The summed E-state index contributed by atoms with van der Waals surface area (Å²) >= 11 is 0. The number of nitrogens with one attached hydrogen (secondary N) is 1. The fourth-order valence-corrected chi connectivity index (χ4v) is 3.64. The molecule has 0 spiro atoms. The minimum absolute atomic E-state index is 0. The molecule has 0 fully saturated rings. The maximum atomic E-state index is 5.33. The Bertz CT molecular complexity index is 1390. The Morgan fingerprint density at radius 2 is 1.26 bits per heavy atom. The number of aromatic nitrogens is 4. The molecule has 6 aromatic rings. The Kier molecular flexibility index (Phi) is 9.94. The molecule has 0 aliphatic rings. The predicted octanol–water partition coefficient (Wildman–Crippen LogP) is 0.0270. The van der Waals surface area contributed by atoms with Gasteiger partial charge < -0.3 is 34.5 Å². The van der Waals surface area contributed by atoms with Gasteiger partial charge in [0.2, 0.25) is 0 Å². The van der Waals surface area contributed by atoms with Gasteiger partial charge in [-0.25, -0.2) is 4.98 Å². The van der Waals surface area contributed by atoms with Gasteiger partial charge in [-0.05, 0) is 36.4 Å². The van der Waals surface area contributed by atoms with Gasteiger partial charge in [0.1, 0.15) is 11.6 Å². The molecular formula is C26H20Cl2N4ORu. The molecule has 34 heavy (non-hydrogen) atoms. The smallest absolute Gasteiger partial charge is 1.00 e. The second kappa shape index (κ2) is 12.4. The normalized spacial score (nSPS) is 9.79. The number of nitrogens with zero attached hydrogens (tertiary/aromatic N) is 3. The molecule has 1 N–H and O–H groups in total. The van der Waals surface area contributed by atoms with E-state index in [9.17, 15) is 0 Å². The van der Waals surface area contributed by atoms with Gasteiger partial charge in [-0.3, -0.25) is 9.97 Å². The summed E-state index contributed by atoms with van der Waals surface area (Å²) in [5, 5.41) is 2.01. The summed E-state index contributed by atoms with van der Waals surface area (Å²) in [5.41, 5.74) is 4.60. The maximum absolute atomic E-state index is 5.33. The van der Waals surface area contributed by atoms with E-state index in [0.717, 1.165) is 50.0 Å². The van der Waals surface area contributed by atoms with Gasteiger partial charge in [-0.1, -0.05) is 48.5 Å². The van der Waals surface area contributed by atoms with Gasteiger partial charge in [-0.2, -0.15) is 0 Å². The van der Waals surface area contributed by atoms with Gasteiger partial charge in [0.05, 0.1) is 29.2 Å². The van der Waals surface area contributed by atoms with Crippen molar-refractivity contribution in [3.05, 3.63) is 97.3 Å². The number of hydrogen-bond acceptors (Lipinski definition) is 4. The molecule has 3 heterocycles. The number of benzene rings is 3. The zero-order valence-electron chi connectivity index (χ0n) is 18.1. The van der Waals surface area contributed by atoms with Crippen LogP contribution in [-0.2, 0) is 19.5 Å². The van der Waals surface area contributed by atoms with E-state index in [4.69, 9.17) is 9.72 Å². The van der Waals surface area contributed by atoms with Crippen LogP contribution in [0.4, 0.5) is 0 Å². The third kappa shape index (κ3) is 5.36. The van der Waals surface area contributed by atoms with Crippen LogP contribution in [-0.4, -0.2) is 27.0 Å². The Morgan fingerprint density at radius 3 is 1.88 bits per heavy atom. The van der Waals surface area contributed by atoms with E-state index in [-0.39, 0.29) is 44.3 Å². The van der Waals surface area contributed by atoms with Crippen LogP contribution in [0.25, 0.3) is 44.2 Å². The molecule has 0 radical (unpaired) electrons. The number of hydrogen-bond donors (Lipinski definition) is 1. The number of imidazole rings is 1. The van der Waals surface area contributed by atoms with Gasteiger partial charge in [-0.15, -0.1) is 0 Å². The topological polar surface area (TPSA) is 63.7 Å². The average Bonchev–Trinajstić information content (AvgIpc) is 3.32. The van der Waals surface area contributed by atoms with E-state index in [1.807, 2.05) is 84.9 Å². The Hall–Kier alpha value is -3.05. The van der Waals surface area contributed by atoms with E-state index in [1.165, 1.54) is 0 Å². The van der Waals surface area contributed by atoms with Gasteiger partial charge in [0, 0.05) is 28.7 Å². The predicted molar refractivity (Wildman–Crippen MR) is 125 cm³/mol. The van der Waals surface area contributed by atoms with Crippen LogP contribution in [0.1, 0.15) is 0 Å². The second-order valence-electron chi connectivity index (χ2n) is 6.99. The van der Waals surface area contributed by atoms with Gasteiger partial charge in [0.15, 0.2) is 0 Å². The van der Waals surface area contributed by atoms with Crippen molar-refractivity contribution < 1.29 is 49.0 Å². The number of halogens is 2. The molecule has 8 heteroatoms. The minimum Gasteiger partial charge on any atom is -1.00 e. The summed E-state index contributed by atoms with van der Waals surface area (Å²) in [4.78, 5) is 17.4. The number of ether oxygens (including phenoxy) is 1. The first-order chi connectivity index (χ1) is 15.3. The van der Waals surface area contributed by atoms with Crippen molar-refractivity contribution in [3.63, 3.8) is 0 Å². The number of rotatable bonds is 2. The summed E-state index contributed by atoms with van der Waals surface area (Å²) in [6.45, 7) is 0. The summed E-state index contributed by atoms with van der Waals surface area (Å²) < 4.78 is 5.33. The fourth-order valence-electron chi connectivity index (χ4n) is 3.64. The molecule has 0 bridgehead atoms. The average molecular weight is 576 g/mol. The van der Waals surface area contributed by atoms with Crippen molar-refractivity contribution in [2.75, 3.05) is 7.11 Å². The number of H-pyrrole nitrogens is 1. The van der Waals surface area contributed by atoms with E-state index in [1.54, 1.807) is 19.5 Å². The fraction of sp³-hybridized carbons (Fsp3) is 0.0385. The number of fused-ring (bicyclic) bond motifs is 6. The van der Waals surface area contributed by atoms with Crippen LogP contribution >= 0.6 is 0 Å². The molecule has 0 aliphatic heterocycles. The van der Waals surface area contributed by atoms with Crippen molar-refractivity contribution in [2.45, 2.75) is 0 Å². The van der Waals surface area contributed by atoms with E-state index >= 15 is 0 Å². The number of pyridine rings is 2. The van der Waals surface area contributed by atoms with Crippen molar-refractivity contribution in [3.8, 4) is 17.1 Å². The molecule has 6 rings (SSSR count). The van der Waals surface area contributed by atoms with Crippen LogP contribution in [0.3, 0.4) is 0 Å². The van der Waals surface area contributed by atoms with Crippen LogP contribution < -0.4 is 29.6 Å². The summed E-state index contributed by atoms with van der Waals surface area (Å²) in [5.74, 6) is 1.60. The van der Waals surface area contributed by atoms with Crippen molar-refractivity contribution in [1.29, 1.82) is 0 Å². The summed E-state index contributed by atoms with van der Waals surface area (Å²) in [7, 11) is 1.66. The molecule has 0 atom stereocenters. The molecule has 172 valence electrons. The first-order valence-corrected chi connectivity index (χ1v) is 10.0. The molecule has 0 amide bonds. The largest absolute Gasteiger partial charge is 2.00 e. The summed E-state index contributed by atoms with van der Waals surface area (Å²) in [6, 6.07) is 27.8. The quantitative estimate of drug-likeness (QED) is 0.234. The molecule has 0 aliphatic carbocycles. The first-order valence-electron chi connectivity index (χ1n) is 10.0. The van der Waals surface area contributed by atoms with E-state index < -0.39 is 0 Å². The monoisotopic (exact) mass is 576 g/mol. The zero-order chi connectivity index (χ0) is 21.0. The van der Waals surface area contributed by atoms with Crippen molar-refractivity contribution in [1.82, 2.24) is 19.9 Å². The standard InChI is InChI=1S/C20H14N4O.C6H6.2ClH.Ru/c1-25-13-6-2-5-12(11-13)20-23-18-14-7-3-9-21-16(14)17-15(19(18)24-20)8-4-10-22-17;1-2-4-6-5-3-1;;;/h2-11H,1H3,(H,23,24);1-6H;2*1H;/q;;;;+2/p-2. The van der Waals surface area contributed by atoms with Crippen LogP contribution in [0.2, 0.25) is 0 Å². The number of aromatic amines is 1. The van der Waals surface area contributed by atoms with Crippen molar-refractivity contribution >= 4 is 32.8 Å². The number of methoxy groups -OCH3 is 1. The van der Waals surface area contributed by atoms with E-state index in [0.29, 0.717) is 0 Å². The van der Waals surface area contributed by atoms with Crippen LogP contribution in [0, 0.1) is 0 Å². The second-order valence-corrected chi connectivity index (χ2v) is 6.99. The molecule has 0 unspecified atom stereocenters. The van der Waals surface area contributed by atoms with Gasteiger partial charge >= 0.3 is 19.5 Å². The molecule has 0 saturated carbocycles. The molecule has 3 aromatic carbocycles.